The maximum atomic E-state index is 13.6. The van der Waals surface area contributed by atoms with Crippen molar-refractivity contribution in [3.63, 3.8) is 0 Å². The minimum Gasteiger partial charge on any atom is -0.387 e. The molecule has 2 nitrogen and oxygen atoms in total. The van der Waals surface area contributed by atoms with Crippen molar-refractivity contribution in [1.29, 1.82) is 0 Å². The van der Waals surface area contributed by atoms with E-state index in [1.54, 1.807) is 18.2 Å². The van der Waals surface area contributed by atoms with E-state index in [9.17, 15) is 13.9 Å². The fraction of sp³-hybridized carbons (Fsp3) is 0.250. The molecule has 0 bridgehead atoms. The Bertz CT molecular complexity index is 557. The highest BCUT2D eigenvalue weighted by atomic mass is 19.1. The summed E-state index contributed by atoms with van der Waals surface area (Å²) in [4.78, 5) is 0. The molecule has 0 spiro atoms. The van der Waals surface area contributed by atoms with E-state index in [-0.39, 0.29) is 24.2 Å². The molecule has 2 rings (SSSR count). The van der Waals surface area contributed by atoms with Crippen LogP contribution >= 0.6 is 0 Å². The summed E-state index contributed by atoms with van der Waals surface area (Å²) in [5, 5.41) is 13.1. The van der Waals surface area contributed by atoms with Crippen molar-refractivity contribution in [3.8, 4) is 0 Å². The first kappa shape index (κ1) is 14.6. The highest BCUT2D eigenvalue weighted by molar-refractivity contribution is 5.21. The van der Waals surface area contributed by atoms with Crippen molar-refractivity contribution in [3.05, 3.63) is 71.3 Å². The highest BCUT2D eigenvalue weighted by Crippen LogP contribution is 2.18. The first-order valence-corrected chi connectivity index (χ1v) is 6.49. The molecule has 2 aromatic rings. The lowest BCUT2D eigenvalue weighted by molar-refractivity contribution is 0.170. The van der Waals surface area contributed by atoms with Gasteiger partial charge in [-0.2, -0.15) is 0 Å². The molecule has 0 fully saturated rings. The molecule has 2 aromatic carbocycles. The number of aliphatic hydroxyl groups excluding tert-OH is 1. The number of hydrogen-bond donors (Lipinski definition) is 2. The molecule has 0 aliphatic rings. The molecule has 2 N–H and O–H groups in total. The maximum absolute atomic E-state index is 13.6. The van der Waals surface area contributed by atoms with E-state index >= 15 is 0 Å². The van der Waals surface area contributed by atoms with Crippen LogP contribution in [0.2, 0.25) is 0 Å². The number of benzene rings is 2. The van der Waals surface area contributed by atoms with E-state index in [1.165, 1.54) is 30.3 Å². The van der Waals surface area contributed by atoms with Crippen LogP contribution in [0.1, 0.15) is 30.2 Å². The average Bonchev–Trinajstić information content (AvgIpc) is 2.45. The molecule has 0 amide bonds. The number of rotatable bonds is 5. The number of halogens is 2. The standard InChI is InChI=1S/C16H17F2NO/c1-11(14-4-2-3-5-15(14)18)19-10-16(20)12-6-8-13(17)9-7-12/h2-9,11,16,19-20H,10H2,1H3. The first-order chi connectivity index (χ1) is 9.58. The summed E-state index contributed by atoms with van der Waals surface area (Å²) in [6.07, 6.45) is -0.759. The van der Waals surface area contributed by atoms with Crippen LogP contribution in [0.15, 0.2) is 48.5 Å². The topological polar surface area (TPSA) is 32.3 Å². The second-order valence-electron chi connectivity index (χ2n) is 4.72. The van der Waals surface area contributed by atoms with Gasteiger partial charge in [-0.3, -0.25) is 0 Å². The summed E-state index contributed by atoms with van der Waals surface area (Å²) in [7, 11) is 0. The first-order valence-electron chi connectivity index (χ1n) is 6.49. The van der Waals surface area contributed by atoms with Gasteiger partial charge in [0.15, 0.2) is 0 Å². The van der Waals surface area contributed by atoms with Gasteiger partial charge in [0.1, 0.15) is 11.6 Å². The van der Waals surface area contributed by atoms with Crippen LogP contribution in [0.3, 0.4) is 0 Å². The molecule has 20 heavy (non-hydrogen) atoms. The Balaban J connectivity index is 1.95. The van der Waals surface area contributed by atoms with Gasteiger partial charge in [0.25, 0.3) is 0 Å². The number of hydrogen-bond acceptors (Lipinski definition) is 2. The van der Waals surface area contributed by atoms with E-state index in [2.05, 4.69) is 5.32 Å². The lowest BCUT2D eigenvalue weighted by Gasteiger charge is -2.18. The van der Waals surface area contributed by atoms with Crippen molar-refractivity contribution in [2.24, 2.45) is 0 Å². The summed E-state index contributed by atoms with van der Waals surface area (Å²) < 4.78 is 26.4. The lowest BCUT2D eigenvalue weighted by atomic mass is 10.1. The average molecular weight is 277 g/mol. The predicted octanol–water partition coefficient (Wildman–Crippen LogP) is 3.35. The number of nitrogens with one attached hydrogen (secondary N) is 1. The van der Waals surface area contributed by atoms with Crippen LogP contribution in [0, 0.1) is 11.6 Å². The Morgan fingerprint density at radius 3 is 2.35 bits per heavy atom. The molecule has 0 saturated carbocycles. The quantitative estimate of drug-likeness (QED) is 0.878. The van der Waals surface area contributed by atoms with Crippen molar-refractivity contribution in [1.82, 2.24) is 5.32 Å². The fourth-order valence-electron chi connectivity index (χ4n) is 2.03. The molecular formula is C16H17F2NO. The second kappa shape index (κ2) is 6.59. The van der Waals surface area contributed by atoms with Crippen molar-refractivity contribution in [2.75, 3.05) is 6.54 Å². The van der Waals surface area contributed by atoms with Gasteiger partial charge in [-0.05, 0) is 30.7 Å². The third kappa shape index (κ3) is 3.62. The van der Waals surface area contributed by atoms with Gasteiger partial charge in [0.05, 0.1) is 6.10 Å². The van der Waals surface area contributed by atoms with Crippen molar-refractivity contribution in [2.45, 2.75) is 19.1 Å². The van der Waals surface area contributed by atoms with Gasteiger partial charge >= 0.3 is 0 Å². The molecular weight excluding hydrogens is 260 g/mol. The molecule has 0 heterocycles. The minimum atomic E-state index is -0.759. The van der Waals surface area contributed by atoms with E-state index in [1.807, 2.05) is 6.92 Å². The smallest absolute Gasteiger partial charge is 0.127 e. The summed E-state index contributed by atoms with van der Waals surface area (Å²) in [6, 6.07) is 12.0. The van der Waals surface area contributed by atoms with Crippen molar-refractivity contribution >= 4 is 0 Å². The van der Waals surface area contributed by atoms with Crippen LogP contribution < -0.4 is 5.32 Å². The summed E-state index contributed by atoms with van der Waals surface area (Å²) >= 11 is 0. The minimum absolute atomic E-state index is 0.216. The fourth-order valence-corrected chi connectivity index (χ4v) is 2.03. The highest BCUT2D eigenvalue weighted by Gasteiger charge is 2.13. The Hall–Kier alpha value is -1.78. The Kier molecular flexibility index (Phi) is 4.82. The van der Waals surface area contributed by atoms with Gasteiger partial charge in [0.2, 0.25) is 0 Å². The van der Waals surface area contributed by atoms with Gasteiger partial charge in [-0.25, -0.2) is 8.78 Å². The van der Waals surface area contributed by atoms with E-state index < -0.39 is 6.10 Å². The molecule has 2 atom stereocenters. The van der Waals surface area contributed by atoms with E-state index in [0.717, 1.165) is 0 Å². The largest absolute Gasteiger partial charge is 0.387 e. The molecule has 0 aromatic heterocycles. The Morgan fingerprint density at radius 2 is 1.70 bits per heavy atom. The zero-order valence-corrected chi connectivity index (χ0v) is 11.2. The Morgan fingerprint density at radius 1 is 1.05 bits per heavy atom. The molecule has 4 heteroatoms. The van der Waals surface area contributed by atoms with E-state index in [0.29, 0.717) is 11.1 Å². The third-order valence-corrected chi connectivity index (χ3v) is 3.24. The molecule has 0 radical (unpaired) electrons. The summed E-state index contributed by atoms with van der Waals surface area (Å²) in [5.74, 6) is -0.614. The predicted molar refractivity (Wildman–Crippen MR) is 74.2 cm³/mol. The van der Waals surface area contributed by atoms with E-state index in [4.69, 9.17) is 0 Å². The monoisotopic (exact) mass is 277 g/mol. The summed E-state index contributed by atoms with van der Waals surface area (Å²) in [6.45, 7) is 2.09. The molecule has 0 aliphatic heterocycles. The summed E-state index contributed by atoms with van der Waals surface area (Å²) in [5.41, 5.74) is 1.18. The normalized spacial score (nSPS) is 14.0. The second-order valence-corrected chi connectivity index (χ2v) is 4.72. The number of aliphatic hydroxyl groups is 1. The molecule has 0 aliphatic carbocycles. The zero-order valence-electron chi connectivity index (χ0n) is 11.2. The van der Waals surface area contributed by atoms with Crippen LogP contribution in [0.4, 0.5) is 8.78 Å². The molecule has 0 saturated heterocycles. The SMILES string of the molecule is CC(NCC(O)c1ccc(F)cc1)c1ccccc1F. The molecule has 106 valence electrons. The van der Waals surface area contributed by atoms with Crippen LogP contribution in [0.25, 0.3) is 0 Å². The van der Waals surface area contributed by atoms with Crippen LogP contribution in [-0.2, 0) is 0 Å². The Labute approximate surface area is 117 Å². The van der Waals surface area contributed by atoms with Crippen LogP contribution in [0.5, 0.6) is 0 Å². The van der Waals surface area contributed by atoms with Gasteiger partial charge in [-0.1, -0.05) is 30.3 Å². The van der Waals surface area contributed by atoms with Crippen molar-refractivity contribution < 1.29 is 13.9 Å². The maximum Gasteiger partial charge on any atom is 0.127 e. The van der Waals surface area contributed by atoms with Crippen LogP contribution in [-0.4, -0.2) is 11.7 Å². The third-order valence-electron chi connectivity index (χ3n) is 3.24. The van der Waals surface area contributed by atoms with Gasteiger partial charge < -0.3 is 10.4 Å². The molecule has 2 unspecified atom stereocenters. The zero-order chi connectivity index (χ0) is 14.5. The van der Waals surface area contributed by atoms with Gasteiger partial charge in [0, 0.05) is 18.2 Å². The van der Waals surface area contributed by atoms with Gasteiger partial charge in [-0.15, -0.1) is 0 Å². The lowest BCUT2D eigenvalue weighted by Crippen LogP contribution is -2.25.